The summed E-state index contributed by atoms with van der Waals surface area (Å²) in [6, 6.07) is 3.51. The van der Waals surface area contributed by atoms with Crippen molar-refractivity contribution in [3.05, 3.63) is 17.0 Å². The molecule has 25 heavy (non-hydrogen) atoms. The Morgan fingerprint density at radius 1 is 1.32 bits per heavy atom. The van der Waals surface area contributed by atoms with Crippen molar-refractivity contribution in [3.63, 3.8) is 0 Å². The maximum atomic E-state index is 12.6. The molecule has 1 saturated heterocycles. The molecule has 1 aliphatic heterocycles. The number of nitrogens with zero attached hydrogens (tertiary/aromatic N) is 2. The summed E-state index contributed by atoms with van der Waals surface area (Å²) in [5, 5.41) is 3.08. The fourth-order valence-corrected chi connectivity index (χ4v) is 5.47. The Kier molecular flexibility index (Phi) is 9.68. The molecule has 0 aromatic carbocycles. The Morgan fingerprint density at radius 3 is 2.64 bits per heavy atom. The van der Waals surface area contributed by atoms with E-state index in [0.29, 0.717) is 35.7 Å². The summed E-state index contributed by atoms with van der Waals surface area (Å²) in [4.78, 5) is 5.19. The van der Waals surface area contributed by atoms with E-state index < -0.39 is 10.0 Å². The lowest BCUT2D eigenvalue weighted by atomic mass is 10.1. The van der Waals surface area contributed by atoms with Gasteiger partial charge in [0.05, 0.1) is 6.54 Å². The molecule has 0 unspecified atom stereocenters. The largest absolute Gasteiger partial charge is 0.370 e. The van der Waals surface area contributed by atoms with Gasteiger partial charge in [0, 0.05) is 24.5 Å². The van der Waals surface area contributed by atoms with E-state index in [1.165, 1.54) is 11.3 Å². The van der Waals surface area contributed by atoms with Crippen molar-refractivity contribution >= 4 is 51.3 Å². The highest BCUT2D eigenvalue weighted by molar-refractivity contribution is 14.0. The van der Waals surface area contributed by atoms with Gasteiger partial charge in [0.2, 0.25) is 0 Å². The number of nitrogens with one attached hydrogen (secondary N) is 1. The van der Waals surface area contributed by atoms with Crippen molar-refractivity contribution in [1.82, 2.24) is 9.62 Å². The number of thiophene rings is 1. The zero-order valence-corrected chi connectivity index (χ0v) is 18.9. The number of aliphatic imine (C=N–C) groups is 1. The number of halogens is 1. The second-order valence-electron chi connectivity index (χ2n) is 6.50. The Balaban J connectivity index is 0.00000312. The first-order chi connectivity index (χ1) is 11.4. The molecular formula is C16H29IN4O2S2. The third kappa shape index (κ3) is 7.03. The molecule has 1 aromatic heterocycles. The monoisotopic (exact) mass is 500 g/mol. The molecule has 2 heterocycles. The van der Waals surface area contributed by atoms with Crippen LogP contribution in [0.4, 0.5) is 0 Å². The molecule has 6 nitrogen and oxygen atoms in total. The van der Waals surface area contributed by atoms with Crippen LogP contribution in [0.1, 0.15) is 44.4 Å². The van der Waals surface area contributed by atoms with Gasteiger partial charge >= 0.3 is 0 Å². The number of nitrogens with two attached hydrogens (primary N) is 1. The van der Waals surface area contributed by atoms with Crippen molar-refractivity contribution in [2.45, 2.75) is 50.3 Å². The van der Waals surface area contributed by atoms with Crippen LogP contribution in [0.25, 0.3) is 0 Å². The van der Waals surface area contributed by atoms with Gasteiger partial charge in [0.15, 0.2) is 5.96 Å². The topological polar surface area (TPSA) is 87.8 Å². The molecule has 3 N–H and O–H groups in total. The quantitative estimate of drug-likeness (QED) is 0.342. The first-order valence-electron chi connectivity index (χ1n) is 8.52. The molecule has 1 fully saturated rings. The molecule has 1 aromatic rings. The maximum absolute atomic E-state index is 12.6. The fraction of sp³-hybridized carbons (Fsp3) is 0.688. The minimum absolute atomic E-state index is 0. The molecule has 0 amide bonds. The number of piperidine rings is 1. The molecule has 0 saturated carbocycles. The van der Waals surface area contributed by atoms with Crippen LogP contribution in [-0.2, 0) is 16.6 Å². The van der Waals surface area contributed by atoms with Gasteiger partial charge in [-0.15, -0.1) is 35.3 Å². The lowest BCUT2D eigenvalue weighted by Gasteiger charge is -2.25. The van der Waals surface area contributed by atoms with E-state index in [1.807, 2.05) is 6.07 Å². The second kappa shape index (κ2) is 10.7. The van der Waals surface area contributed by atoms with Crippen molar-refractivity contribution in [2.75, 3.05) is 19.6 Å². The van der Waals surface area contributed by atoms with Crippen LogP contribution in [0.2, 0.25) is 0 Å². The first-order valence-corrected chi connectivity index (χ1v) is 10.8. The molecule has 2 rings (SSSR count). The highest BCUT2D eigenvalue weighted by Crippen LogP contribution is 2.27. The smallest absolute Gasteiger partial charge is 0.252 e. The summed E-state index contributed by atoms with van der Waals surface area (Å²) in [6.07, 6.45) is 4.04. The molecule has 0 aliphatic carbocycles. The molecular weight excluding hydrogens is 471 g/mol. The Hall–Kier alpha value is -0.390. The van der Waals surface area contributed by atoms with Crippen molar-refractivity contribution in [2.24, 2.45) is 16.6 Å². The minimum Gasteiger partial charge on any atom is -0.370 e. The van der Waals surface area contributed by atoms with Crippen LogP contribution >= 0.6 is 35.3 Å². The SMILES string of the molecule is CC(C)CCNC(N)=NCc1ccc(S(=O)(=O)N2CCCCC2)s1.I. The van der Waals surface area contributed by atoms with E-state index in [4.69, 9.17) is 5.73 Å². The van der Waals surface area contributed by atoms with Crippen molar-refractivity contribution < 1.29 is 8.42 Å². The Bertz CT molecular complexity index is 653. The predicted molar refractivity (Wildman–Crippen MR) is 115 cm³/mol. The van der Waals surface area contributed by atoms with Crippen molar-refractivity contribution in [1.29, 1.82) is 0 Å². The van der Waals surface area contributed by atoms with E-state index in [0.717, 1.165) is 37.1 Å². The molecule has 1 aliphatic rings. The zero-order valence-electron chi connectivity index (χ0n) is 14.9. The van der Waals surface area contributed by atoms with Crippen LogP contribution in [0, 0.1) is 5.92 Å². The molecule has 0 bridgehead atoms. The van der Waals surface area contributed by atoms with Gasteiger partial charge in [0.1, 0.15) is 4.21 Å². The predicted octanol–water partition coefficient (Wildman–Crippen LogP) is 2.99. The number of sulfonamides is 1. The molecule has 0 radical (unpaired) electrons. The standard InChI is InChI=1S/C16H28N4O2S2.HI/c1-13(2)8-9-18-16(17)19-12-14-6-7-15(23-14)24(21,22)20-10-4-3-5-11-20;/h6-7,13H,3-5,8-12H2,1-2H3,(H3,17,18,19);1H. The van der Waals surface area contributed by atoms with E-state index in [-0.39, 0.29) is 24.0 Å². The van der Waals surface area contributed by atoms with Gasteiger partial charge in [0.25, 0.3) is 10.0 Å². The van der Waals surface area contributed by atoms with E-state index in [9.17, 15) is 8.42 Å². The number of hydrogen-bond donors (Lipinski definition) is 2. The minimum atomic E-state index is -3.35. The number of hydrogen-bond acceptors (Lipinski definition) is 4. The summed E-state index contributed by atoms with van der Waals surface area (Å²) in [7, 11) is -3.35. The summed E-state index contributed by atoms with van der Waals surface area (Å²) in [6.45, 7) is 6.77. The lowest BCUT2D eigenvalue weighted by Crippen LogP contribution is -2.35. The maximum Gasteiger partial charge on any atom is 0.252 e. The molecule has 0 atom stereocenters. The second-order valence-corrected chi connectivity index (χ2v) is 9.83. The first kappa shape index (κ1) is 22.7. The average Bonchev–Trinajstić information content (AvgIpc) is 3.03. The Labute approximate surface area is 172 Å². The lowest BCUT2D eigenvalue weighted by molar-refractivity contribution is 0.347. The average molecular weight is 500 g/mol. The van der Waals surface area contributed by atoms with Gasteiger partial charge in [-0.05, 0) is 37.3 Å². The van der Waals surface area contributed by atoms with Gasteiger partial charge in [-0.2, -0.15) is 4.31 Å². The van der Waals surface area contributed by atoms with Gasteiger partial charge in [-0.25, -0.2) is 13.4 Å². The van der Waals surface area contributed by atoms with Crippen LogP contribution in [0.5, 0.6) is 0 Å². The zero-order chi connectivity index (χ0) is 17.6. The summed E-state index contributed by atoms with van der Waals surface area (Å²) in [5.41, 5.74) is 5.83. The van der Waals surface area contributed by atoms with Gasteiger partial charge in [-0.3, -0.25) is 0 Å². The summed E-state index contributed by atoms with van der Waals surface area (Å²) < 4.78 is 27.2. The number of guanidine groups is 1. The van der Waals surface area contributed by atoms with Crippen LogP contribution < -0.4 is 11.1 Å². The van der Waals surface area contributed by atoms with Crippen LogP contribution in [0.3, 0.4) is 0 Å². The highest BCUT2D eigenvalue weighted by atomic mass is 127. The molecule has 9 heteroatoms. The van der Waals surface area contributed by atoms with Crippen molar-refractivity contribution in [3.8, 4) is 0 Å². The molecule has 144 valence electrons. The Morgan fingerprint density at radius 2 is 2.00 bits per heavy atom. The van der Waals surface area contributed by atoms with E-state index >= 15 is 0 Å². The third-order valence-electron chi connectivity index (χ3n) is 3.98. The fourth-order valence-electron chi connectivity index (χ4n) is 2.52. The van der Waals surface area contributed by atoms with Crippen LogP contribution in [0.15, 0.2) is 21.3 Å². The van der Waals surface area contributed by atoms with E-state index in [2.05, 4.69) is 24.2 Å². The highest BCUT2D eigenvalue weighted by Gasteiger charge is 2.27. The summed E-state index contributed by atoms with van der Waals surface area (Å²) in [5.74, 6) is 1.02. The number of rotatable bonds is 7. The van der Waals surface area contributed by atoms with Crippen LogP contribution in [-0.4, -0.2) is 38.3 Å². The normalized spacial score (nSPS) is 16.7. The summed E-state index contributed by atoms with van der Waals surface area (Å²) >= 11 is 1.28. The molecule has 0 spiro atoms. The van der Waals surface area contributed by atoms with E-state index in [1.54, 1.807) is 10.4 Å². The van der Waals surface area contributed by atoms with Gasteiger partial charge < -0.3 is 11.1 Å². The van der Waals surface area contributed by atoms with Gasteiger partial charge in [-0.1, -0.05) is 20.3 Å². The third-order valence-corrected chi connectivity index (χ3v) is 7.42.